The maximum Gasteiger partial charge on any atom is 0.276 e. The molecular formula is C33H29BrN5O4-. The van der Waals surface area contributed by atoms with Crippen molar-refractivity contribution >= 4 is 38.6 Å². The van der Waals surface area contributed by atoms with E-state index in [4.69, 9.17) is 5.10 Å². The standard InChI is InChI=1S/C33H30BrN5O4/c34-31-28-19-23(21-35-27-17-10-18-37(22-27)32(40)41)29(39(42)43)20-30(28)38(36-31)33(24-11-4-1-5-12-24,25-13-6-2-7-14-25)26-15-8-3-9-16-26/h1-9,11-16,19-20,27,35H,10,17-18,21-22H2,(H,40,41)/p-1. The van der Waals surface area contributed by atoms with E-state index in [9.17, 15) is 20.0 Å². The van der Waals surface area contributed by atoms with Crippen molar-refractivity contribution in [2.24, 2.45) is 0 Å². The van der Waals surface area contributed by atoms with Gasteiger partial charge in [0, 0.05) is 42.7 Å². The Labute approximate surface area is 257 Å². The van der Waals surface area contributed by atoms with Crippen LogP contribution in [0.25, 0.3) is 10.9 Å². The molecule has 0 spiro atoms. The van der Waals surface area contributed by atoms with Gasteiger partial charge in [0.05, 0.1) is 10.4 Å². The van der Waals surface area contributed by atoms with Gasteiger partial charge in [0.1, 0.15) is 16.2 Å². The number of nitrogens with one attached hydrogen (secondary N) is 1. The number of nitro benzene ring substituents is 1. The number of amides is 1. The predicted molar refractivity (Wildman–Crippen MR) is 166 cm³/mol. The highest BCUT2D eigenvalue weighted by atomic mass is 79.9. The molecule has 1 N–H and O–H groups in total. The van der Waals surface area contributed by atoms with Crippen LogP contribution in [0.15, 0.2) is 108 Å². The summed E-state index contributed by atoms with van der Waals surface area (Å²) in [6.07, 6.45) is 0.273. The molecule has 4 aromatic carbocycles. The summed E-state index contributed by atoms with van der Waals surface area (Å²) in [4.78, 5) is 24.8. The third-order valence-corrected chi connectivity index (χ3v) is 8.77. The van der Waals surface area contributed by atoms with Crippen LogP contribution in [-0.2, 0) is 12.1 Å². The van der Waals surface area contributed by atoms with Crippen molar-refractivity contribution in [2.75, 3.05) is 13.1 Å². The highest BCUT2D eigenvalue weighted by Crippen LogP contribution is 2.44. The lowest BCUT2D eigenvalue weighted by molar-refractivity contribution is -0.385. The molecule has 0 radical (unpaired) electrons. The molecule has 9 nitrogen and oxygen atoms in total. The summed E-state index contributed by atoms with van der Waals surface area (Å²) in [5.41, 5.74) is 2.96. The minimum atomic E-state index is -1.20. The van der Waals surface area contributed by atoms with Gasteiger partial charge in [-0.25, -0.2) is 4.68 Å². The van der Waals surface area contributed by atoms with E-state index in [0.717, 1.165) is 28.5 Å². The minimum absolute atomic E-state index is 0.0377. The Morgan fingerprint density at radius 2 is 1.51 bits per heavy atom. The first kappa shape index (κ1) is 28.6. The second-order valence-corrected chi connectivity index (χ2v) is 11.4. The number of carbonyl (C=O) groups is 1. The molecule has 218 valence electrons. The fourth-order valence-corrected chi connectivity index (χ4v) is 6.67. The summed E-state index contributed by atoms with van der Waals surface area (Å²) in [5.74, 6) is 0. The molecule has 1 unspecified atom stereocenters. The van der Waals surface area contributed by atoms with Gasteiger partial charge in [0.15, 0.2) is 0 Å². The summed E-state index contributed by atoms with van der Waals surface area (Å²) in [6.45, 7) is 0.926. The molecule has 6 rings (SSSR count). The van der Waals surface area contributed by atoms with E-state index in [1.807, 2.05) is 95.7 Å². The summed E-state index contributed by atoms with van der Waals surface area (Å²) >= 11 is 3.67. The van der Waals surface area contributed by atoms with E-state index in [1.54, 1.807) is 12.1 Å². The van der Waals surface area contributed by atoms with Gasteiger partial charge in [-0.3, -0.25) is 10.1 Å². The van der Waals surface area contributed by atoms with E-state index in [1.165, 1.54) is 4.90 Å². The number of nitro groups is 1. The number of rotatable bonds is 8. The Hall–Kier alpha value is -4.54. The van der Waals surface area contributed by atoms with Crippen molar-refractivity contribution in [1.82, 2.24) is 20.0 Å². The lowest BCUT2D eigenvalue weighted by Gasteiger charge is -2.37. The average Bonchev–Trinajstić information content (AvgIpc) is 3.36. The highest BCUT2D eigenvalue weighted by molar-refractivity contribution is 9.10. The van der Waals surface area contributed by atoms with Crippen LogP contribution in [-0.4, -0.2) is 44.8 Å². The molecule has 5 aromatic rings. The molecule has 2 heterocycles. The Kier molecular flexibility index (Phi) is 7.96. The van der Waals surface area contributed by atoms with E-state index in [2.05, 4.69) is 21.2 Å². The molecule has 1 aliphatic heterocycles. The number of likely N-dealkylation sites (tertiary alicyclic amines) is 1. The van der Waals surface area contributed by atoms with Crippen molar-refractivity contribution in [3.63, 3.8) is 0 Å². The number of benzene rings is 4. The molecule has 1 amide bonds. The Bertz CT molecular complexity index is 1670. The summed E-state index contributed by atoms with van der Waals surface area (Å²) < 4.78 is 2.45. The first-order valence-corrected chi connectivity index (χ1v) is 14.9. The summed E-state index contributed by atoms with van der Waals surface area (Å²) in [6, 6.07) is 33.4. The van der Waals surface area contributed by atoms with Crippen LogP contribution >= 0.6 is 15.9 Å². The number of hydrogen-bond acceptors (Lipinski definition) is 6. The molecular weight excluding hydrogens is 610 g/mol. The van der Waals surface area contributed by atoms with Crippen LogP contribution < -0.4 is 10.4 Å². The van der Waals surface area contributed by atoms with Crippen LogP contribution in [0.3, 0.4) is 0 Å². The number of hydrogen-bond donors (Lipinski definition) is 1. The van der Waals surface area contributed by atoms with E-state index >= 15 is 0 Å². The first-order chi connectivity index (χ1) is 20.9. The second-order valence-electron chi connectivity index (χ2n) is 10.7. The van der Waals surface area contributed by atoms with Crippen LogP contribution in [0.5, 0.6) is 0 Å². The maximum atomic E-state index is 12.5. The van der Waals surface area contributed by atoms with Crippen LogP contribution in [0.2, 0.25) is 0 Å². The van der Waals surface area contributed by atoms with Gasteiger partial charge in [-0.2, -0.15) is 5.10 Å². The fourth-order valence-electron chi connectivity index (χ4n) is 6.19. The van der Waals surface area contributed by atoms with Gasteiger partial charge in [0.2, 0.25) is 0 Å². The second kappa shape index (κ2) is 12.0. The fraction of sp³-hybridized carbons (Fsp3) is 0.212. The number of carbonyl (C=O) groups excluding carboxylic acids is 1. The number of halogens is 1. The zero-order chi connectivity index (χ0) is 30.0. The predicted octanol–water partition coefficient (Wildman–Crippen LogP) is 5.44. The van der Waals surface area contributed by atoms with Crippen molar-refractivity contribution in [3.8, 4) is 0 Å². The normalized spacial score (nSPS) is 15.5. The Balaban J connectivity index is 1.53. The van der Waals surface area contributed by atoms with Crippen molar-refractivity contribution < 1.29 is 14.8 Å². The molecule has 1 aliphatic rings. The monoisotopic (exact) mass is 638 g/mol. The first-order valence-electron chi connectivity index (χ1n) is 14.1. The van der Waals surface area contributed by atoms with Crippen LogP contribution in [0.4, 0.5) is 10.5 Å². The van der Waals surface area contributed by atoms with E-state index < -0.39 is 11.6 Å². The maximum absolute atomic E-state index is 12.5. The molecule has 0 aliphatic carbocycles. The Morgan fingerprint density at radius 3 is 2.02 bits per heavy atom. The smallest absolute Gasteiger partial charge is 0.276 e. The van der Waals surface area contributed by atoms with E-state index in [-0.39, 0.29) is 29.7 Å². The lowest BCUT2D eigenvalue weighted by Crippen LogP contribution is -2.51. The van der Waals surface area contributed by atoms with E-state index in [0.29, 0.717) is 28.6 Å². The number of carboxylic acid groups (broad SMARTS) is 1. The van der Waals surface area contributed by atoms with Gasteiger partial charge in [-0.15, -0.1) is 0 Å². The summed E-state index contributed by atoms with van der Waals surface area (Å²) in [7, 11) is 0. The van der Waals surface area contributed by atoms with Crippen LogP contribution in [0.1, 0.15) is 35.1 Å². The molecule has 1 fully saturated rings. The third-order valence-electron chi connectivity index (χ3n) is 8.19. The van der Waals surface area contributed by atoms with Gasteiger partial charge in [-0.05, 0) is 51.5 Å². The molecule has 1 atom stereocenters. The van der Waals surface area contributed by atoms with Crippen molar-refractivity contribution in [1.29, 1.82) is 0 Å². The Morgan fingerprint density at radius 1 is 0.953 bits per heavy atom. The zero-order valence-electron chi connectivity index (χ0n) is 23.2. The van der Waals surface area contributed by atoms with Crippen LogP contribution in [0, 0.1) is 10.1 Å². The van der Waals surface area contributed by atoms with Gasteiger partial charge < -0.3 is 20.1 Å². The molecule has 1 saturated heterocycles. The topological polar surface area (TPSA) is 116 Å². The molecule has 10 heteroatoms. The molecule has 43 heavy (non-hydrogen) atoms. The third kappa shape index (κ3) is 5.28. The molecule has 0 bridgehead atoms. The molecule has 0 saturated carbocycles. The van der Waals surface area contributed by atoms with Gasteiger partial charge in [-0.1, -0.05) is 91.0 Å². The lowest BCUT2D eigenvalue weighted by atomic mass is 9.77. The van der Waals surface area contributed by atoms with Gasteiger partial charge in [0.25, 0.3) is 5.69 Å². The summed E-state index contributed by atoms with van der Waals surface area (Å²) in [5, 5.41) is 32.9. The average molecular weight is 640 g/mol. The van der Waals surface area contributed by atoms with Crippen molar-refractivity contribution in [3.05, 3.63) is 140 Å². The zero-order valence-corrected chi connectivity index (χ0v) is 24.8. The largest absolute Gasteiger partial charge is 0.530 e. The SMILES string of the molecule is O=C([O-])N1CCCC(NCc2cc3c(Br)nn(C(c4ccccc4)(c4ccccc4)c4ccccc4)c3cc2[N+](=O)[O-])C1. The van der Waals surface area contributed by atoms with Gasteiger partial charge >= 0.3 is 0 Å². The molecule has 1 aromatic heterocycles. The highest BCUT2D eigenvalue weighted by Gasteiger charge is 2.41. The number of aromatic nitrogens is 2. The number of piperidine rings is 1. The quantitative estimate of drug-likeness (QED) is 0.137. The van der Waals surface area contributed by atoms with Crippen molar-refractivity contribution in [2.45, 2.75) is 31.0 Å². The number of nitrogens with zero attached hydrogens (tertiary/aromatic N) is 4. The minimum Gasteiger partial charge on any atom is -0.530 e. The number of fused-ring (bicyclic) bond motifs is 1.